The van der Waals surface area contributed by atoms with E-state index in [9.17, 15) is 0 Å². The SMILES string of the molecule is COc1cccc2c1nc(C(C)Cl)n2CCCC1CC1. The number of rotatable bonds is 6. The molecule has 3 rings (SSSR count). The van der Waals surface area contributed by atoms with Crippen molar-refractivity contribution in [3.8, 4) is 5.75 Å². The molecule has 1 aromatic carbocycles. The van der Waals surface area contributed by atoms with Crippen LogP contribution >= 0.6 is 11.6 Å². The molecule has 1 atom stereocenters. The topological polar surface area (TPSA) is 27.1 Å². The van der Waals surface area contributed by atoms with Crippen molar-refractivity contribution >= 4 is 22.6 Å². The maximum Gasteiger partial charge on any atom is 0.146 e. The average Bonchev–Trinajstić information content (AvgIpc) is 3.18. The monoisotopic (exact) mass is 292 g/mol. The van der Waals surface area contributed by atoms with Gasteiger partial charge < -0.3 is 9.30 Å². The molecular formula is C16H21ClN2O. The van der Waals surface area contributed by atoms with Crippen molar-refractivity contribution in [3.05, 3.63) is 24.0 Å². The molecule has 0 N–H and O–H groups in total. The molecule has 1 aromatic heterocycles. The normalized spacial score (nSPS) is 16.6. The van der Waals surface area contributed by atoms with Crippen LogP contribution in [0.25, 0.3) is 11.0 Å². The first kappa shape index (κ1) is 13.7. The molecule has 0 bridgehead atoms. The third-order valence-electron chi connectivity index (χ3n) is 4.04. The van der Waals surface area contributed by atoms with Gasteiger partial charge >= 0.3 is 0 Å². The molecule has 1 aliphatic rings. The van der Waals surface area contributed by atoms with Gasteiger partial charge in [0.25, 0.3) is 0 Å². The van der Waals surface area contributed by atoms with Crippen molar-refractivity contribution in [1.29, 1.82) is 0 Å². The minimum atomic E-state index is -0.0898. The summed E-state index contributed by atoms with van der Waals surface area (Å²) in [5.41, 5.74) is 2.05. The van der Waals surface area contributed by atoms with Crippen LogP contribution in [0.4, 0.5) is 0 Å². The minimum Gasteiger partial charge on any atom is -0.494 e. The third-order valence-corrected chi connectivity index (χ3v) is 4.23. The second-order valence-electron chi connectivity index (χ2n) is 5.65. The quantitative estimate of drug-likeness (QED) is 0.731. The Morgan fingerprint density at radius 2 is 2.25 bits per heavy atom. The number of halogens is 1. The molecule has 0 saturated heterocycles. The summed E-state index contributed by atoms with van der Waals surface area (Å²) in [6, 6.07) is 6.07. The zero-order valence-electron chi connectivity index (χ0n) is 12.1. The summed E-state index contributed by atoms with van der Waals surface area (Å²) in [5, 5.41) is -0.0898. The second kappa shape index (κ2) is 5.65. The molecule has 0 radical (unpaired) electrons. The van der Waals surface area contributed by atoms with Crippen molar-refractivity contribution in [2.24, 2.45) is 5.92 Å². The van der Waals surface area contributed by atoms with Gasteiger partial charge in [0.15, 0.2) is 0 Å². The number of hydrogen-bond acceptors (Lipinski definition) is 2. The molecule has 3 nitrogen and oxygen atoms in total. The lowest BCUT2D eigenvalue weighted by atomic mass is 10.2. The van der Waals surface area contributed by atoms with E-state index in [1.165, 1.54) is 25.7 Å². The van der Waals surface area contributed by atoms with E-state index in [1.807, 2.05) is 19.1 Å². The molecule has 4 heteroatoms. The van der Waals surface area contributed by atoms with Crippen LogP contribution in [0, 0.1) is 5.92 Å². The van der Waals surface area contributed by atoms with Crippen LogP contribution in [0.15, 0.2) is 18.2 Å². The van der Waals surface area contributed by atoms with Crippen LogP contribution < -0.4 is 4.74 Å². The highest BCUT2D eigenvalue weighted by Gasteiger charge is 2.21. The number of fused-ring (bicyclic) bond motifs is 1. The molecule has 0 aliphatic heterocycles. The van der Waals surface area contributed by atoms with E-state index in [0.717, 1.165) is 35.1 Å². The molecule has 2 aromatic rings. The van der Waals surface area contributed by atoms with Crippen molar-refractivity contribution in [2.75, 3.05) is 7.11 Å². The summed E-state index contributed by atoms with van der Waals surface area (Å²) in [5.74, 6) is 2.74. The molecule has 1 aliphatic carbocycles. The van der Waals surface area contributed by atoms with Gasteiger partial charge in [-0.15, -0.1) is 11.6 Å². The lowest BCUT2D eigenvalue weighted by Gasteiger charge is -2.10. The number of aromatic nitrogens is 2. The molecule has 1 heterocycles. The van der Waals surface area contributed by atoms with E-state index in [-0.39, 0.29) is 5.38 Å². The van der Waals surface area contributed by atoms with E-state index < -0.39 is 0 Å². The molecule has 1 unspecified atom stereocenters. The number of nitrogens with zero attached hydrogens (tertiary/aromatic N) is 2. The Morgan fingerprint density at radius 3 is 2.90 bits per heavy atom. The summed E-state index contributed by atoms with van der Waals surface area (Å²) in [6.45, 7) is 2.97. The van der Waals surface area contributed by atoms with Gasteiger partial charge in [-0.05, 0) is 37.8 Å². The number of imidazole rings is 1. The second-order valence-corrected chi connectivity index (χ2v) is 6.31. The highest BCUT2D eigenvalue weighted by molar-refractivity contribution is 6.20. The van der Waals surface area contributed by atoms with Crippen molar-refractivity contribution in [1.82, 2.24) is 9.55 Å². The fourth-order valence-electron chi connectivity index (χ4n) is 2.79. The molecule has 1 saturated carbocycles. The summed E-state index contributed by atoms with van der Waals surface area (Å²) in [4.78, 5) is 4.70. The average molecular weight is 293 g/mol. The number of methoxy groups -OCH3 is 1. The van der Waals surface area contributed by atoms with Crippen molar-refractivity contribution in [3.63, 3.8) is 0 Å². The van der Waals surface area contributed by atoms with Crippen LogP contribution in [0.1, 0.15) is 43.8 Å². The highest BCUT2D eigenvalue weighted by Crippen LogP contribution is 2.35. The van der Waals surface area contributed by atoms with E-state index in [1.54, 1.807) is 7.11 Å². The number of aryl methyl sites for hydroxylation is 1. The van der Waals surface area contributed by atoms with Crippen LogP contribution in [-0.2, 0) is 6.54 Å². The number of benzene rings is 1. The smallest absolute Gasteiger partial charge is 0.146 e. The summed E-state index contributed by atoms with van der Waals surface area (Å²) in [7, 11) is 1.69. The fourth-order valence-corrected chi connectivity index (χ4v) is 2.95. The summed E-state index contributed by atoms with van der Waals surface area (Å²) < 4.78 is 7.67. The lowest BCUT2D eigenvalue weighted by Crippen LogP contribution is -2.05. The van der Waals surface area contributed by atoms with Crippen LogP contribution in [0.2, 0.25) is 0 Å². The van der Waals surface area contributed by atoms with E-state index in [4.69, 9.17) is 21.3 Å². The van der Waals surface area contributed by atoms with Crippen LogP contribution in [0.5, 0.6) is 5.75 Å². The van der Waals surface area contributed by atoms with Gasteiger partial charge in [-0.1, -0.05) is 18.9 Å². The zero-order valence-corrected chi connectivity index (χ0v) is 12.9. The first-order valence-corrected chi connectivity index (χ1v) is 7.81. The van der Waals surface area contributed by atoms with Gasteiger partial charge in [0, 0.05) is 6.54 Å². The van der Waals surface area contributed by atoms with Gasteiger partial charge in [-0.2, -0.15) is 0 Å². The highest BCUT2D eigenvalue weighted by atomic mass is 35.5. The maximum atomic E-state index is 6.30. The van der Waals surface area contributed by atoms with E-state index >= 15 is 0 Å². The van der Waals surface area contributed by atoms with Gasteiger partial charge in [-0.3, -0.25) is 0 Å². The summed E-state index contributed by atoms with van der Waals surface area (Å²) >= 11 is 6.30. The Hall–Kier alpha value is -1.22. The first-order valence-electron chi connectivity index (χ1n) is 7.38. The number of ether oxygens (including phenoxy) is 1. The molecule has 20 heavy (non-hydrogen) atoms. The molecular weight excluding hydrogens is 272 g/mol. The number of para-hydroxylation sites is 1. The predicted octanol–water partition coefficient (Wildman–Crippen LogP) is 4.53. The maximum absolute atomic E-state index is 6.30. The molecule has 108 valence electrons. The number of alkyl halides is 1. The Labute approximate surface area is 124 Å². The Balaban J connectivity index is 1.95. The van der Waals surface area contributed by atoms with Crippen molar-refractivity contribution < 1.29 is 4.74 Å². The van der Waals surface area contributed by atoms with E-state index in [0.29, 0.717) is 0 Å². The Kier molecular flexibility index (Phi) is 3.88. The Morgan fingerprint density at radius 1 is 1.45 bits per heavy atom. The molecule has 0 spiro atoms. The first-order chi connectivity index (χ1) is 9.70. The Bertz CT molecular complexity index is 602. The summed E-state index contributed by atoms with van der Waals surface area (Å²) in [6.07, 6.45) is 5.35. The van der Waals surface area contributed by atoms with Gasteiger partial charge in [0.1, 0.15) is 17.1 Å². The van der Waals surface area contributed by atoms with Gasteiger partial charge in [0.05, 0.1) is 18.0 Å². The predicted molar refractivity (Wildman–Crippen MR) is 82.5 cm³/mol. The van der Waals surface area contributed by atoms with Gasteiger partial charge in [0.2, 0.25) is 0 Å². The lowest BCUT2D eigenvalue weighted by molar-refractivity contribution is 0.419. The van der Waals surface area contributed by atoms with Crippen LogP contribution in [-0.4, -0.2) is 16.7 Å². The minimum absolute atomic E-state index is 0.0898. The number of hydrogen-bond donors (Lipinski definition) is 0. The van der Waals surface area contributed by atoms with Crippen molar-refractivity contribution in [2.45, 2.75) is 44.5 Å². The molecule has 0 amide bonds. The standard InChI is InChI=1S/C16H21ClN2O/c1-11(17)16-18-15-13(6-3-7-14(15)20-2)19(16)10-4-5-12-8-9-12/h3,6-7,11-12H,4-5,8-10H2,1-2H3. The fraction of sp³-hybridized carbons (Fsp3) is 0.562. The van der Waals surface area contributed by atoms with E-state index in [2.05, 4.69) is 10.6 Å². The zero-order chi connectivity index (χ0) is 14.1. The molecule has 1 fully saturated rings. The third kappa shape index (κ3) is 2.64. The van der Waals surface area contributed by atoms with Gasteiger partial charge in [-0.25, -0.2) is 4.98 Å². The van der Waals surface area contributed by atoms with Crippen LogP contribution in [0.3, 0.4) is 0 Å². The largest absolute Gasteiger partial charge is 0.494 e.